The first-order valence-corrected chi connectivity index (χ1v) is 46.6. The van der Waals surface area contributed by atoms with Gasteiger partial charge in [-0.3, -0.25) is 39.1 Å². The lowest BCUT2D eigenvalue weighted by atomic mass is 9.98. The maximum Gasteiger partial charge on any atom is 0.246 e. The van der Waals surface area contributed by atoms with E-state index in [1.807, 2.05) is 99.4 Å². The quantitative estimate of drug-likeness (QED) is 0.0515. The minimum absolute atomic E-state index is 0.00644. The molecule has 8 aromatic carbocycles. The largest absolute Gasteiger partial charge is 0.285 e. The van der Waals surface area contributed by atoms with Gasteiger partial charge in [0.25, 0.3) is 0 Å². The maximum absolute atomic E-state index is 14.2. The summed E-state index contributed by atoms with van der Waals surface area (Å²) >= 11 is 0. The van der Waals surface area contributed by atoms with Crippen LogP contribution in [0, 0.1) is 52.8 Å². The third-order valence-corrected chi connectivity index (χ3v) is 31.6. The van der Waals surface area contributed by atoms with E-state index < -0.39 is 74.1 Å². The van der Waals surface area contributed by atoms with E-state index in [1.54, 1.807) is 44.0 Å². The Bertz CT molecular complexity index is 6980. The highest BCUT2D eigenvalue weighted by molar-refractivity contribution is 7.90. The van der Waals surface area contributed by atoms with Crippen LogP contribution in [0.4, 0.5) is 22.0 Å². The molecule has 0 spiro atoms. The van der Waals surface area contributed by atoms with E-state index in [0.29, 0.717) is 76.9 Å². The Morgan fingerprint density at radius 3 is 1.10 bits per heavy atom. The molecule has 20 rings (SSSR count). The minimum atomic E-state index is -4.15. The number of piperidine rings is 2. The molecule has 0 saturated carbocycles. The molecule has 0 amide bonds. The van der Waals surface area contributed by atoms with Gasteiger partial charge in [0, 0.05) is 146 Å². The Balaban J connectivity index is 0.000000118. The van der Waals surface area contributed by atoms with E-state index in [-0.39, 0.29) is 45.2 Å². The highest BCUT2D eigenvalue weighted by Gasteiger charge is 2.42. The van der Waals surface area contributed by atoms with Crippen molar-refractivity contribution < 1.29 is 55.6 Å². The number of rotatable bonds is 20. The second-order valence-electron chi connectivity index (χ2n) is 32.0. The summed E-state index contributed by atoms with van der Waals surface area (Å²) in [5.41, 5.74) is 12.4. The first kappa shape index (κ1) is 85.0. The minimum Gasteiger partial charge on any atom is -0.285 e. The Morgan fingerprint density at radius 1 is 0.336 bits per heavy atom. The molecule has 4 saturated heterocycles. The van der Waals surface area contributed by atoms with Crippen molar-refractivity contribution in [3.8, 4) is 44.5 Å². The summed E-state index contributed by atoms with van der Waals surface area (Å²) in [5, 5.41) is 49.5. The molecule has 4 aliphatic heterocycles. The molecule has 0 unspecified atom stereocenters. The number of H-pyrrole nitrogens is 4. The lowest BCUT2D eigenvalue weighted by molar-refractivity contribution is 0.248. The van der Waals surface area contributed by atoms with E-state index >= 15 is 0 Å². The average molecular weight is 1780 g/mol. The van der Waals surface area contributed by atoms with Gasteiger partial charge in [-0.1, -0.05) is 48.5 Å². The van der Waals surface area contributed by atoms with Crippen molar-refractivity contribution in [1.82, 2.24) is 97.1 Å². The van der Waals surface area contributed by atoms with Gasteiger partial charge >= 0.3 is 0 Å². The van der Waals surface area contributed by atoms with Crippen LogP contribution in [0.2, 0.25) is 0 Å². The highest BCUT2D eigenvalue weighted by atomic mass is 32.2. The molecule has 4 atom stereocenters. The zero-order valence-electron chi connectivity index (χ0n) is 67.7. The Labute approximate surface area is 716 Å². The number of nitrogens with zero attached hydrogens (tertiary/aromatic N) is 16. The zero-order valence-corrected chi connectivity index (χ0v) is 71.0. The van der Waals surface area contributed by atoms with Crippen LogP contribution in [0.5, 0.6) is 0 Å². The van der Waals surface area contributed by atoms with Crippen molar-refractivity contribution in [2.24, 2.45) is 23.7 Å². The van der Waals surface area contributed by atoms with Crippen molar-refractivity contribution in [2.75, 3.05) is 39.3 Å². The number of aromatic amines is 4. The van der Waals surface area contributed by atoms with E-state index in [4.69, 9.17) is 0 Å². The molecule has 16 aromatic rings. The van der Waals surface area contributed by atoms with Crippen molar-refractivity contribution in [3.05, 3.63) is 267 Å². The molecule has 37 heteroatoms. The third-order valence-electron chi connectivity index (χ3n) is 23.8. The van der Waals surface area contributed by atoms with Gasteiger partial charge < -0.3 is 0 Å². The number of halogens is 5. The van der Waals surface area contributed by atoms with Gasteiger partial charge in [0.15, 0.2) is 11.6 Å². The second-order valence-corrected chi connectivity index (χ2v) is 39.6. The van der Waals surface area contributed by atoms with Crippen LogP contribution < -0.4 is 0 Å². The van der Waals surface area contributed by atoms with Gasteiger partial charge in [0.05, 0.1) is 81.4 Å². The summed E-state index contributed by atoms with van der Waals surface area (Å²) in [4.78, 5) is -0.739. The van der Waals surface area contributed by atoms with Gasteiger partial charge in [-0.15, -0.1) is 0 Å². The van der Waals surface area contributed by atoms with Crippen molar-refractivity contribution in [1.29, 1.82) is 0 Å². The number of hydrogen-bond acceptors (Lipinski definition) is 16. The van der Waals surface area contributed by atoms with Gasteiger partial charge in [-0.2, -0.15) is 58.0 Å². The summed E-state index contributed by atoms with van der Waals surface area (Å²) in [6.07, 6.45) is 26.1. The van der Waals surface area contributed by atoms with E-state index in [0.717, 1.165) is 139 Å². The molecule has 0 bridgehead atoms. The van der Waals surface area contributed by atoms with E-state index in [2.05, 4.69) is 104 Å². The van der Waals surface area contributed by atoms with E-state index in [9.17, 15) is 55.6 Å². The molecule has 12 heterocycles. The summed E-state index contributed by atoms with van der Waals surface area (Å²) in [6, 6.07) is 43.1. The molecule has 4 aliphatic rings. The fourth-order valence-corrected chi connectivity index (χ4v) is 23.7. The summed E-state index contributed by atoms with van der Waals surface area (Å²) in [5.74, 6) is -3.44. The van der Waals surface area contributed by atoms with Gasteiger partial charge in [0.1, 0.15) is 27.2 Å². The van der Waals surface area contributed by atoms with Crippen LogP contribution >= 0.6 is 0 Å². The van der Waals surface area contributed by atoms with Crippen LogP contribution in [0.1, 0.15) is 52.4 Å². The molecule has 4 N–H and O–H groups in total. The summed E-state index contributed by atoms with van der Waals surface area (Å²) < 4.78 is 185. The third kappa shape index (κ3) is 18.1. The Kier molecular flexibility index (Phi) is 24.3. The molecule has 4 fully saturated rings. The predicted octanol–water partition coefficient (Wildman–Crippen LogP) is 14.8. The van der Waals surface area contributed by atoms with Gasteiger partial charge in [-0.25, -0.2) is 55.6 Å². The molecule has 646 valence electrons. The smallest absolute Gasteiger partial charge is 0.246 e. The fourth-order valence-electron chi connectivity index (χ4n) is 17.2. The first-order valence-electron chi connectivity index (χ1n) is 40.8. The predicted molar refractivity (Wildman–Crippen MR) is 461 cm³/mol. The Hall–Kier alpha value is -12.2. The van der Waals surface area contributed by atoms with Crippen molar-refractivity contribution >= 4 is 83.7 Å². The average Bonchev–Trinajstić information content (AvgIpc) is 1.65. The lowest BCUT2D eigenvalue weighted by Gasteiger charge is -2.31. The van der Waals surface area contributed by atoms with Crippen LogP contribution in [-0.2, 0) is 66.3 Å². The molecule has 0 radical (unpaired) electrons. The van der Waals surface area contributed by atoms with Crippen LogP contribution in [-0.4, -0.2) is 182 Å². The van der Waals surface area contributed by atoms with Crippen LogP contribution in [0.15, 0.2) is 258 Å². The fraction of sp³-hybridized carbons (Fsp3) is 0.273. The lowest BCUT2D eigenvalue weighted by Crippen LogP contribution is -2.39. The molecule has 0 aliphatic carbocycles. The summed E-state index contributed by atoms with van der Waals surface area (Å²) in [7, 11) is -15.3. The standard InChI is InChI=1S/C22H21F2N5O2S.3C22H22FN5O2S/c1-14-7-15(13-29(14)32(30,31)21-4-2-3-19(23)22(21)24)12-28-20-6-5-16(8-17(20)11-27-28)18-9-25-26-10-18;1-15-8-16(14-28(15)31(29,30)21-5-3-20(23)4-6-21)13-27-22-7-2-17(9-18(22)12-26-27)19-10-24-25-11-19;23-20-2-1-3-21(11-20)31(29,30)27-8-6-16(7-9-27)15-28-22-5-4-17(10-18(22)14-26-28)19-12-24-25-13-19;23-20-3-1-2-4-22(20)31(29,30)27-9-7-16(8-10-27)15-28-21-6-5-17(11-18(21)14-26-28)19-12-24-25-13-19/h2-6,8-11,14-15H,7,12-13H2,1H3,(H,25,26);2-7,9-12,15-16H,8,13-14H2,1H3,(H,24,25);1-5,10-14,16H,6-9,15H2,(H,24,25);1-6,11-14,16H,7-10,15H2,(H,24,25)/t14-,15+;15-,16+;;/m00../s1. The monoisotopic (exact) mass is 1770 g/mol. The zero-order chi connectivity index (χ0) is 86.9. The van der Waals surface area contributed by atoms with Crippen molar-refractivity contribution in [3.63, 3.8) is 0 Å². The SMILES string of the molecule is C[C@H]1C[C@H](Cn2ncc3cc(-c4cn[nH]c4)ccc32)CN1S(=O)(=O)c1ccc(F)cc1.C[C@H]1C[C@H](Cn2ncc3cc(-c4cn[nH]c4)ccc32)CN1S(=O)(=O)c1cccc(F)c1F.O=S(=O)(c1cccc(F)c1)N1CCC(Cn2ncc3cc(-c4cn[nH]c4)ccc32)CC1.O=S(=O)(c1ccccc1F)N1CCC(Cn2ncc3cc(-c4cn[nH]c4)ccc32)CC1. The molecule has 28 nitrogen and oxygen atoms in total. The number of nitrogens with one attached hydrogen (secondary N) is 4. The number of aromatic nitrogens is 16. The van der Waals surface area contributed by atoms with Crippen LogP contribution in [0.25, 0.3) is 88.1 Å². The highest BCUT2D eigenvalue weighted by Crippen LogP contribution is 2.38. The topological polar surface area (TPSA) is 336 Å². The first-order chi connectivity index (χ1) is 60.3. The van der Waals surface area contributed by atoms with E-state index in [1.165, 1.54) is 84.0 Å². The normalized spacial score (nSPS) is 18.0. The molecular formula is C88H87F5N20O8S4. The van der Waals surface area contributed by atoms with Gasteiger partial charge in [-0.05, 0) is 214 Å². The molecular weight excluding hydrogens is 1690 g/mol. The Morgan fingerprint density at radius 2 is 0.704 bits per heavy atom. The number of hydrogen-bond donors (Lipinski definition) is 4. The summed E-state index contributed by atoms with van der Waals surface area (Å²) in [6.45, 7) is 8.56. The molecule has 8 aromatic heterocycles. The number of fused-ring (bicyclic) bond motifs is 4. The molecule has 125 heavy (non-hydrogen) atoms. The second kappa shape index (κ2) is 35.8. The van der Waals surface area contributed by atoms with Gasteiger partial charge in [0.2, 0.25) is 40.1 Å². The van der Waals surface area contributed by atoms with Crippen LogP contribution in [0.3, 0.4) is 0 Å². The number of sulfonamides is 4. The van der Waals surface area contributed by atoms with Crippen molar-refractivity contribution in [2.45, 2.75) is 110 Å². The number of benzene rings is 8. The maximum atomic E-state index is 14.2.